The van der Waals surface area contributed by atoms with Crippen molar-refractivity contribution in [3.05, 3.63) is 42.0 Å². The van der Waals surface area contributed by atoms with Gasteiger partial charge in [0.15, 0.2) is 0 Å². The molecule has 23 heavy (non-hydrogen) atoms. The number of hydrogen-bond donors (Lipinski definition) is 0. The summed E-state index contributed by atoms with van der Waals surface area (Å²) in [6.45, 7) is 4.26. The van der Waals surface area contributed by atoms with Crippen LogP contribution < -0.4 is 0 Å². The fourth-order valence-corrected chi connectivity index (χ4v) is 4.17. The van der Waals surface area contributed by atoms with E-state index in [0.29, 0.717) is 4.90 Å². The summed E-state index contributed by atoms with van der Waals surface area (Å²) in [7, 11) is -3.71. The first-order chi connectivity index (χ1) is 11.1. The largest absolute Gasteiger partial charge is 0.297 e. The first kappa shape index (κ1) is 18.0. The van der Waals surface area contributed by atoms with Crippen LogP contribution in [0.2, 0.25) is 0 Å². The van der Waals surface area contributed by atoms with Gasteiger partial charge in [0.05, 0.1) is 6.61 Å². The Morgan fingerprint density at radius 3 is 2.39 bits per heavy atom. The van der Waals surface area contributed by atoms with Crippen molar-refractivity contribution in [2.75, 3.05) is 6.61 Å². The second-order valence-electron chi connectivity index (χ2n) is 5.98. The monoisotopic (exact) mass is 334 g/mol. The summed E-state index contributed by atoms with van der Waals surface area (Å²) in [5.74, 6) is 0. The number of unbranched alkanes of at least 4 members (excludes halogenated alkanes) is 5. The van der Waals surface area contributed by atoms with Gasteiger partial charge in [-0.2, -0.15) is 8.42 Å². The number of hydrogen-bond acceptors (Lipinski definition) is 3. The Morgan fingerprint density at radius 2 is 1.61 bits per heavy atom. The van der Waals surface area contributed by atoms with Gasteiger partial charge in [-0.25, -0.2) is 0 Å². The molecule has 0 saturated carbocycles. The van der Waals surface area contributed by atoms with Gasteiger partial charge in [-0.05, 0) is 24.3 Å². The van der Waals surface area contributed by atoms with E-state index < -0.39 is 10.1 Å². The fraction of sp³-hybridized carbons (Fsp3) is 0.474. The highest BCUT2D eigenvalue weighted by atomic mass is 32.2. The van der Waals surface area contributed by atoms with Gasteiger partial charge in [0, 0.05) is 5.39 Å². The lowest BCUT2D eigenvalue weighted by atomic mass is 10.1. The van der Waals surface area contributed by atoms with E-state index in [4.69, 9.17) is 4.18 Å². The summed E-state index contributed by atoms with van der Waals surface area (Å²) in [6.07, 6.45) is 6.62. The SMILES string of the molecule is CCCCCCCCOS(=O)(=O)c1c(C)ccc2ccccc12. The molecule has 4 heteroatoms. The minimum absolute atomic E-state index is 0.261. The van der Waals surface area contributed by atoms with E-state index in [1.807, 2.05) is 43.3 Å². The van der Waals surface area contributed by atoms with Crippen molar-refractivity contribution in [2.24, 2.45) is 0 Å². The molecule has 0 fully saturated rings. The predicted molar refractivity (Wildman–Crippen MR) is 95.2 cm³/mol. The Balaban J connectivity index is 2.04. The average Bonchev–Trinajstić information content (AvgIpc) is 2.53. The Hall–Kier alpha value is -1.39. The number of benzene rings is 2. The Morgan fingerprint density at radius 1 is 0.913 bits per heavy atom. The van der Waals surface area contributed by atoms with Crippen LogP contribution in [0.15, 0.2) is 41.3 Å². The van der Waals surface area contributed by atoms with Gasteiger partial charge in [0.2, 0.25) is 0 Å². The maximum absolute atomic E-state index is 12.6. The maximum atomic E-state index is 12.6. The van der Waals surface area contributed by atoms with E-state index in [2.05, 4.69) is 6.92 Å². The van der Waals surface area contributed by atoms with Crippen LogP contribution in [-0.2, 0) is 14.3 Å². The molecule has 2 aromatic carbocycles. The normalized spacial score (nSPS) is 11.9. The van der Waals surface area contributed by atoms with Crippen LogP contribution in [0.5, 0.6) is 0 Å². The molecule has 0 bridgehead atoms. The van der Waals surface area contributed by atoms with Crippen LogP contribution in [0.25, 0.3) is 10.8 Å². The zero-order chi connectivity index (χ0) is 16.7. The zero-order valence-corrected chi connectivity index (χ0v) is 14.9. The van der Waals surface area contributed by atoms with Crippen molar-refractivity contribution < 1.29 is 12.6 Å². The van der Waals surface area contributed by atoms with Gasteiger partial charge in [-0.1, -0.05) is 75.4 Å². The smallest absolute Gasteiger partial charge is 0.266 e. The van der Waals surface area contributed by atoms with Crippen LogP contribution in [0.3, 0.4) is 0 Å². The lowest BCUT2D eigenvalue weighted by molar-refractivity contribution is 0.306. The molecule has 3 nitrogen and oxygen atoms in total. The molecule has 2 rings (SSSR count). The van der Waals surface area contributed by atoms with Gasteiger partial charge < -0.3 is 0 Å². The lowest BCUT2D eigenvalue weighted by Gasteiger charge is -2.11. The van der Waals surface area contributed by atoms with Crippen LogP contribution in [0, 0.1) is 6.92 Å². The second kappa shape index (κ2) is 8.46. The molecule has 0 aliphatic heterocycles. The molecule has 0 amide bonds. The molecule has 0 spiro atoms. The van der Waals surface area contributed by atoms with E-state index in [1.165, 1.54) is 19.3 Å². The highest BCUT2D eigenvalue weighted by Gasteiger charge is 2.20. The number of aryl methyl sites for hydroxylation is 1. The van der Waals surface area contributed by atoms with Crippen LogP contribution in [0.1, 0.15) is 51.0 Å². The average molecular weight is 334 g/mol. The van der Waals surface area contributed by atoms with E-state index >= 15 is 0 Å². The van der Waals surface area contributed by atoms with Gasteiger partial charge in [0.1, 0.15) is 4.90 Å². The summed E-state index contributed by atoms with van der Waals surface area (Å²) in [5.41, 5.74) is 0.728. The molecule has 0 atom stereocenters. The lowest BCUT2D eigenvalue weighted by Crippen LogP contribution is -2.10. The van der Waals surface area contributed by atoms with Crippen LogP contribution in [0.4, 0.5) is 0 Å². The maximum Gasteiger partial charge on any atom is 0.297 e. The minimum Gasteiger partial charge on any atom is -0.266 e. The number of rotatable bonds is 9. The molecule has 0 unspecified atom stereocenters. The van der Waals surface area contributed by atoms with Crippen molar-refractivity contribution in [3.8, 4) is 0 Å². The molecule has 0 saturated heterocycles. The predicted octanol–water partition coefficient (Wildman–Crippen LogP) is 5.21. The Kier molecular flexibility index (Phi) is 6.60. The molecule has 0 aliphatic rings. The molecular formula is C19H26O3S. The topological polar surface area (TPSA) is 43.4 Å². The number of fused-ring (bicyclic) bond motifs is 1. The van der Waals surface area contributed by atoms with E-state index in [9.17, 15) is 8.42 Å². The van der Waals surface area contributed by atoms with E-state index in [0.717, 1.165) is 35.6 Å². The highest BCUT2D eigenvalue weighted by Crippen LogP contribution is 2.28. The van der Waals surface area contributed by atoms with Crippen LogP contribution >= 0.6 is 0 Å². The molecule has 0 radical (unpaired) electrons. The standard InChI is InChI=1S/C19H26O3S/c1-3-4-5-6-7-10-15-22-23(20,21)19-16(2)13-14-17-11-8-9-12-18(17)19/h8-9,11-14H,3-7,10,15H2,1-2H3. The van der Waals surface area contributed by atoms with Gasteiger partial charge in [-0.3, -0.25) is 4.18 Å². The summed E-state index contributed by atoms with van der Waals surface area (Å²) >= 11 is 0. The zero-order valence-electron chi connectivity index (χ0n) is 14.0. The first-order valence-electron chi connectivity index (χ1n) is 8.44. The third-order valence-corrected chi connectivity index (χ3v) is 5.58. The molecule has 0 aromatic heterocycles. The summed E-state index contributed by atoms with van der Waals surface area (Å²) in [5, 5.41) is 1.65. The third kappa shape index (κ3) is 4.79. The first-order valence-corrected chi connectivity index (χ1v) is 9.85. The van der Waals surface area contributed by atoms with Crippen molar-refractivity contribution in [2.45, 2.75) is 57.3 Å². The molecule has 126 valence electrons. The summed E-state index contributed by atoms with van der Waals surface area (Å²) in [4.78, 5) is 0.307. The van der Waals surface area contributed by atoms with E-state index in [-0.39, 0.29) is 6.61 Å². The summed E-state index contributed by atoms with van der Waals surface area (Å²) in [6, 6.07) is 11.3. The highest BCUT2D eigenvalue weighted by molar-refractivity contribution is 7.87. The molecular weight excluding hydrogens is 308 g/mol. The Labute approximate surface area is 139 Å². The Bertz CT molecular complexity index is 735. The van der Waals surface area contributed by atoms with Crippen molar-refractivity contribution in [1.82, 2.24) is 0 Å². The second-order valence-corrected chi connectivity index (χ2v) is 7.53. The van der Waals surface area contributed by atoms with Crippen LogP contribution in [-0.4, -0.2) is 15.0 Å². The third-order valence-electron chi connectivity index (χ3n) is 4.06. The van der Waals surface area contributed by atoms with Gasteiger partial charge in [-0.15, -0.1) is 0 Å². The fourth-order valence-electron chi connectivity index (χ4n) is 2.79. The molecule has 0 N–H and O–H groups in total. The molecule has 0 heterocycles. The van der Waals surface area contributed by atoms with Crippen molar-refractivity contribution >= 4 is 20.9 Å². The quantitative estimate of drug-likeness (QED) is 0.467. The van der Waals surface area contributed by atoms with Gasteiger partial charge >= 0.3 is 0 Å². The molecule has 0 aliphatic carbocycles. The minimum atomic E-state index is -3.71. The van der Waals surface area contributed by atoms with Gasteiger partial charge in [0.25, 0.3) is 10.1 Å². The van der Waals surface area contributed by atoms with E-state index in [1.54, 1.807) is 0 Å². The van der Waals surface area contributed by atoms with Crippen molar-refractivity contribution in [1.29, 1.82) is 0 Å². The van der Waals surface area contributed by atoms with Crippen molar-refractivity contribution in [3.63, 3.8) is 0 Å². The molecule has 2 aromatic rings. The summed E-state index contributed by atoms with van der Waals surface area (Å²) < 4.78 is 30.4.